The Hall–Kier alpha value is -2.87. The molecule has 2 aliphatic rings. The van der Waals surface area contributed by atoms with Gasteiger partial charge in [0.15, 0.2) is 0 Å². The lowest BCUT2D eigenvalue weighted by atomic mass is 9.89. The largest absolute Gasteiger partial charge is 0.417 e. The molecule has 0 radical (unpaired) electrons. The molecule has 2 aromatic rings. The van der Waals surface area contributed by atoms with Gasteiger partial charge in [0.1, 0.15) is 5.78 Å². The van der Waals surface area contributed by atoms with Crippen molar-refractivity contribution < 1.29 is 27.5 Å². The molecule has 0 aromatic heterocycles. The van der Waals surface area contributed by atoms with Crippen LogP contribution in [0.15, 0.2) is 48.5 Å². The molecular formula is C27H31F3N2O3. The Balaban J connectivity index is 1.32. The van der Waals surface area contributed by atoms with Crippen LogP contribution in [-0.2, 0) is 22.1 Å². The predicted octanol–water partition coefficient (Wildman–Crippen LogP) is 4.98. The summed E-state index contributed by atoms with van der Waals surface area (Å²) in [6, 6.07) is 12.9. The Kier molecular flexibility index (Phi) is 7.50. The maximum Gasteiger partial charge on any atom is 0.417 e. The summed E-state index contributed by atoms with van der Waals surface area (Å²) in [5.41, 5.74) is 0.779. The highest BCUT2D eigenvalue weighted by Gasteiger charge is 2.37. The topological polar surface area (TPSA) is 49.9 Å². The van der Waals surface area contributed by atoms with Crippen molar-refractivity contribution in [3.63, 3.8) is 0 Å². The van der Waals surface area contributed by atoms with Crippen molar-refractivity contribution in [3.05, 3.63) is 65.2 Å². The van der Waals surface area contributed by atoms with Gasteiger partial charge in [0, 0.05) is 44.2 Å². The number of Topliss-reactive ketones (excluding diaryl/α,β-unsaturated/α-hetero) is 1. The van der Waals surface area contributed by atoms with E-state index in [0.717, 1.165) is 30.4 Å². The van der Waals surface area contributed by atoms with Crippen molar-refractivity contribution in [1.29, 1.82) is 0 Å². The fraction of sp³-hybridized carbons (Fsp3) is 0.481. The Morgan fingerprint density at radius 1 is 0.943 bits per heavy atom. The van der Waals surface area contributed by atoms with E-state index in [2.05, 4.69) is 18.7 Å². The zero-order valence-electron chi connectivity index (χ0n) is 20.1. The standard InChI is InChI=1S/C27H31F3N2O3/c1-18-16-32(17-19(2)35-18)22-9-7-20(8-10-22)15-25(33)21-11-13-31(14-12-21)26(34)23-5-3-4-6-24(23)27(28,29)30/h3-10,18-19,21H,11-17H2,1-2H3/t18-,19+. The van der Waals surface area contributed by atoms with Gasteiger partial charge < -0.3 is 14.5 Å². The highest BCUT2D eigenvalue weighted by atomic mass is 19.4. The summed E-state index contributed by atoms with van der Waals surface area (Å²) in [6.45, 7) is 6.32. The zero-order valence-corrected chi connectivity index (χ0v) is 20.1. The first-order chi connectivity index (χ1) is 16.6. The molecular weight excluding hydrogens is 457 g/mol. The van der Waals surface area contributed by atoms with Gasteiger partial charge in [-0.1, -0.05) is 24.3 Å². The van der Waals surface area contributed by atoms with E-state index >= 15 is 0 Å². The number of alkyl halides is 3. The molecule has 0 aliphatic carbocycles. The van der Waals surface area contributed by atoms with Gasteiger partial charge in [-0.2, -0.15) is 13.2 Å². The summed E-state index contributed by atoms with van der Waals surface area (Å²) in [5.74, 6) is -0.724. The van der Waals surface area contributed by atoms with Crippen LogP contribution in [0.1, 0.15) is 48.2 Å². The van der Waals surface area contributed by atoms with E-state index in [4.69, 9.17) is 4.74 Å². The maximum atomic E-state index is 13.3. The van der Waals surface area contributed by atoms with Crippen LogP contribution >= 0.6 is 0 Å². The van der Waals surface area contributed by atoms with Crippen molar-refractivity contribution >= 4 is 17.4 Å². The van der Waals surface area contributed by atoms with Crippen LogP contribution in [-0.4, -0.2) is 55.0 Å². The van der Waals surface area contributed by atoms with Gasteiger partial charge in [-0.3, -0.25) is 9.59 Å². The summed E-state index contributed by atoms with van der Waals surface area (Å²) in [4.78, 5) is 29.4. The first kappa shape index (κ1) is 25.2. The number of amides is 1. The van der Waals surface area contributed by atoms with Crippen LogP contribution in [0.25, 0.3) is 0 Å². The number of carbonyl (C=O) groups is 2. The lowest BCUT2D eigenvalue weighted by Gasteiger charge is -2.37. The summed E-state index contributed by atoms with van der Waals surface area (Å²) in [5, 5.41) is 0. The second-order valence-electron chi connectivity index (χ2n) is 9.58. The smallest absolute Gasteiger partial charge is 0.372 e. The van der Waals surface area contributed by atoms with Crippen LogP contribution in [0.5, 0.6) is 0 Å². The van der Waals surface area contributed by atoms with Gasteiger partial charge in [-0.05, 0) is 56.5 Å². The Labute approximate surface area is 203 Å². The van der Waals surface area contributed by atoms with E-state index in [1.165, 1.54) is 23.1 Å². The number of benzene rings is 2. The average Bonchev–Trinajstić information content (AvgIpc) is 2.83. The van der Waals surface area contributed by atoms with Crippen LogP contribution in [0, 0.1) is 5.92 Å². The molecule has 0 spiro atoms. The molecule has 0 bridgehead atoms. The molecule has 0 unspecified atom stereocenters. The van der Waals surface area contributed by atoms with Crippen LogP contribution in [0.3, 0.4) is 0 Å². The highest BCUT2D eigenvalue weighted by molar-refractivity contribution is 5.96. The third kappa shape index (κ3) is 6.04. The van der Waals surface area contributed by atoms with E-state index in [-0.39, 0.29) is 42.6 Å². The fourth-order valence-corrected chi connectivity index (χ4v) is 5.05. The van der Waals surface area contributed by atoms with E-state index in [1.807, 2.05) is 24.3 Å². The number of hydrogen-bond donors (Lipinski definition) is 0. The van der Waals surface area contributed by atoms with Gasteiger partial charge in [-0.25, -0.2) is 0 Å². The normalized spacial score (nSPS) is 21.7. The number of hydrogen-bond acceptors (Lipinski definition) is 4. The van der Waals surface area contributed by atoms with Crippen LogP contribution < -0.4 is 4.90 Å². The molecule has 5 nitrogen and oxygen atoms in total. The van der Waals surface area contributed by atoms with Crippen molar-refractivity contribution in [3.8, 4) is 0 Å². The number of rotatable bonds is 5. The molecule has 2 fully saturated rings. The number of likely N-dealkylation sites (tertiary alicyclic amines) is 1. The molecule has 4 rings (SSSR count). The molecule has 2 aromatic carbocycles. The summed E-state index contributed by atoms with van der Waals surface area (Å²) in [6.07, 6.45) is -3.03. The lowest BCUT2D eigenvalue weighted by Crippen LogP contribution is -2.45. The quantitative estimate of drug-likeness (QED) is 0.596. The Morgan fingerprint density at radius 3 is 2.14 bits per heavy atom. The fourth-order valence-electron chi connectivity index (χ4n) is 5.05. The third-order valence-electron chi connectivity index (χ3n) is 6.80. The molecule has 2 heterocycles. The Morgan fingerprint density at radius 2 is 1.54 bits per heavy atom. The summed E-state index contributed by atoms with van der Waals surface area (Å²) in [7, 11) is 0. The number of ketones is 1. The number of piperidine rings is 1. The molecule has 0 saturated carbocycles. The molecule has 8 heteroatoms. The molecule has 188 valence electrons. The maximum absolute atomic E-state index is 13.3. The van der Waals surface area contributed by atoms with Crippen molar-refractivity contribution in [2.24, 2.45) is 5.92 Å². The van der Waals surface area contributed by atoms with E-state index < -0.39 is 17.6 Å². The van der Waals surface area contributed by atoms with E-state index in [0.29, 0.717) is 19.3 Å². The summed E-state index contributed by atoms with van der Waals surface area (Å²) >= 11 is 0. The number of anilines is 1. The first-order valence-electron chi connectivity index (χ1n) is 12.1. The van der Waals surface area contributed by atoms with Gasteiger partial charge in [0.2, 0.25) is 0 Å². The molecule has 2 saturated heterocycles. The average molecular weight is 489 g/mol. The van der Waals surface area contributed by atoms with Gasteiger partial charge >= 0.3 is 6.18 Å². The lowest BCUT2D eigenvalue weighted by molar-refractivity contribution is -0.138. The molecule has 0 N–H and O–H groups in total. The monoisotopic (exact) mass is 488 g/mol. The minimum Gasteiger partial charge on any atom is -0.372 e. The second kappa shape index (κ2) is 10.4. The summed E-state index contributed by atoms with van der Waals surface area (Å²) < 4.78 is 45.7. The van der Waals surface area contributed by atoms with E-state index in [9.17, 15) is 22.8 Å². The second-order valence-corrected chi connectivity index (χ2v) is 9.58. The first-order valence-corrected chi connectivity index (χ1v) is 12.1. The SMILES string of the molecule is C[C@@H]1CN(c2ccc(CC(=O)C3CCN(C(=O)c4ccccc4C(F)(F)F)CC3)cc2)C[C@H](C)O1. The third-order valence-corrected chi connectivity index (χ3v) is 6.80. The van der Waals surface area contributed by atoms with Gasteiger partial charge in [0.25, 0.3) is 5.91 Å². The van der Waals surface area contributed by atoms with Gasteiger partial charge in [0.05, 0.1) is 23.3 Å². The van der Waals surface area contributed by atoms with Crippen molar-refractivity contribution in [1.82, 2.24) is 4.90 Å². The zero-order chi connectivity index (χ0) is 25.2. The number of ether oxygens (including phenoxy) is 1. The molecule has 2 atom stereocenters. The van der Waals surface area contributed by atoms with Crippen LogP contribution in [0.4, 0.5) is 18.9 Å². The van der Waals surface area contributed by atoms with Gasteiger partial charge in [-0.15, -0.1) is 0 Å². The molecule has 35 heavy (non-hydrogen) atoms. The minimum atomic E-state index is -4.59. The van der Waals surface area contributed by atoms with E-state index in [1.54, 1.807) is 0 Å². The van der Waals surface area contributed by atoms with Crippen LogP contribution in [0.2, 0.25) is 0 Å². The molecule has 2 aliphatic heterocycles. The number of nitrogens with zero attached hydrogens (tertiary/aromatic N) is 2. The highest BCUT2D eigenvalue weighted by Crippen LogP contribution is 2.33. The number of halogens is 3. The minimum absolute atomic E-state index is 0.106. The number of morpholine rings is 1. The van der Waals surface area contributed by atoms with Crippen molar-refractivity contribution in [2.75, 3.05) is 31.1 Å². The molecule has 1 amide bonds. The predicted molar refractivity (Wildman–Crippen MR) is 127 cm³/mol. The number of carbonyl (C=O) groups excluding carboxylic acids is 2. The Bertz CT molecular complexity index is 1040. The van der Waals surface area contributed by atoms with Crippen molar-refractivity contribution in [2.45, 2.75) is 51.5 Å².